The third-order valence-corrected chi connectivity index (χ3v) is 3.42. The molecular formula is C13H20ClNO2. The van der Waals surface area contributed by atoms with E-state index >= 15 is 0 Å². The molecule has 0 aliphatic carbocycles. The Kier molecular flexibility index (Phi) is 5.72. The molecule has 17 heavy (non-hydrogen) atoms. The molecule has 0 bridgehead atoms. The molecule has 1 unspecified atom stereocenters. The minimum atomic E-state index is -0.0774. The molecule has 4 heteroatoms. The van der Waals surface area contributed by atoms with E-state index in [0.29, 0.717) is 11.6 Å². The van der Waals surface area contributed by atoms with Crippen LogP contribution in [0.2, 0.25) is 0 Å². The van der Waals surface area contributed by atoms with Crippen molar-refractivity contribution in [2.75, 3.05) is 26.2 Å². The second kappa shape index (κ2) is 6.82. The molecular weight excluding hydrogens is 238 g/mol. The van der Waals surface area contributed by atoms with Gasteiger partial charge in [-0.25, -0.2) is 0 Å². The summed E-state index contributed by atoms with van der Waals surface area (Å²) in [7, 11) is 0. The maximum absolute atomic E-state index is 11.6. The second-order valence-corrected chi connectivity index (χ2v) is 4.71. The first-order valence-electron chi connectivity index (χ1n) is 5.95. The Morgan fingerprint density at radius 3 is 2.94 bits per heavy atom. The van der Waals surface area contributed by atoms with Gasteiger partial charge >= 0.3 is 5.97 Å². The van der Waals surface area contributed by atoms with Crippen molar-refractivity contribution in [1.29, 1.82) is 0 Å². The van der Waals surface area contributed by atoms with Gasteiger partial charge in [0.15, 0.2) is 0 Å². The lowest BCUT2D eigenvalue weighted by molar-refractivity contribution is -0.147. The van der Waals surface area contributed by atoms with Gasteiger partial charge in [-0.05, 0) is 32.4 Å². The minimum Gasteiger partial charge on any atom is -0.466 e. The predicted octanol–water partition coefficient (Wildman–Crippen LogP) is 2.57. The predicted molar refractivity (Wildman–Crippen MR) is 69.9 cm³/mol. The van der Waals surface area contributed by atoms with Crippen molar-refractivity contribution in [1.82, 2.24) is 4.90 Å². The number of hydrogen-bond donors (Lipinski definition) is 0. The molecule has 1 rings (SSSR count). The highest BCUT2D eigenvalue weighted by molar-refractivity contribution is 6.31. The van der Waals surface area contributed by atoms with Gasteiger partial charge in [-0.3, -0.25) is 9.69 Å². The van der Waals surface area contributed by atoms with Gasteiger partial charge in [0.25, 0.3) is 0 Å². The van der Waals surface area contributed by atoms with Crippen LogP contribution < -0.4 is 0 Å². The Morgan fingerprint density at radius 1 is 1.65 bits per heavy atom. The molecule has 0 saturated carbocycles. The zero-order valence-electron chi connectivity index (χ0n) is 10.5. The number of esters is 1. The number of carbonyl (C=O) groups is 1. The minimum absolute atomic E-state index is 0.0188. The molecule has 1 heterocycles. The largest absolute Gasteiger partial charge is 0.466 e. The first kappa shape index (κ1) is 14.3. The Balaban J connectivity index is 2.46. The van der Waals surface area contributed by atoms with Crippen LogP contribution in [0.4, 0.5) is 0 Å². The van der Waals surface area contributed by atoms with Crippen molar-refractivity contribution in [3.63, 3.8) is 0 Å². The van der Waals surface area contributed by atoms with Gasteiger partial charge in [0.1, 0.15) is 0 Å². The van der Waals surface area contributed by atoms with E-state index in [9.17, 15) is 4.79 Å². The average molecular weight is 258 g/mol. The van der Waals surface area contributed by atoms with E-state index in [2.05, 4.69) is 11.5 Å². The maximum atomic E-state index is 11.6. The molecule has 1 fully saturated rings. The quantitative estimate of drug-likeness (QED) is 0.560. The third kappa shape index (κ3) is 4.17. The van der Waals surface area contributed by atoms with Crippen molar-refractivity contribution in [2.24, 2.45) is 5.92 Å². The topological polar surface area (TPSA) is 29.5 Å². The Bertz CT molecular complexity index is 325. The summed E-state index contributed by atoms with van der Waals surface area (Å²) in [6.45, 7) is 10.4. The van der Waals surface area contributed by atoms with Crippen LogP contribution in [-0.2, 0) is 9.53 Å². The van der Waals surface area contributed by atoms with E-state index in [4.69, 9.17) is 16.3 Å². The van der Waals surface area contributed by atoms with E-state index < -0.39 is 0 Å². The third-order valence-electron chi connectivity index (χ3n) is 2.94. The van der Waals surface area contributed by atoms with Crippen LogP contribution in [0.1, 0.15) is 20.3 Å². The number of halogens is 1. The molecule has 1 aliphatic heterocycles. The van der Waals surface area contributed by atoms with Crippen LogP contribution >= 0.6 is 11.6 Å². The van der Waals surface area contributed by atoms with E-state index in [1.807, 2.05) is 13.8 Å². The summed E-state index contributed by atoms with van der Waals surface area (Å²) in [5.74, 6) is -0.0586. The summed E-state index contributed by atoms with van der Waals surface area (Å²) in [5.41, 5.74) is 1.09. The molecule has 96 valence electrons. The molecule has 0 N–H and O–H groups in total. The zero-order valence-corrected chi connectivity index (χ0v) is 11.3. The summed E-state index contributed by atoms with van der Waals surface area (Å²) < 4.78 is 5.03. The fourth-order valence-corrected chi connectivity index (χ4v) is 2.07. The van der Waals surface area contributed by atoms with Crippen LogP contribution in [0.5, 0.6) is 0 Å². The van der Waals surface area contributed by atoms with Gasteiger partial charge in [0, 0.05) is 18.1 Å². The highest BCUT2D eigenvalue weighted by atomic mass is 35.5. The summed E-state index contributed by atoms with van der Waals surface area (Å²) in [4.78, 5) is 13.8. The normalized spacial score (nSPS) is 22.2. The molecule has 0 aromatic rings. The number of likely N-dealkylation sites (tertiary alicyclic amines) is 1. The standard InChI is InChI=1S/C13H20ClNO2/c1-4-12(14)10(3)8-15-7-6-11(9-15)13(16)17-5-2/h4,11H,1,5-9H2,2-3H3/b12-10-. The molecule has 0 aromatic heterocycles. The second-order valence-electron chi connectivity index (χ2n) is 4.31. The van der Waals surface area contributed by atoms with Gasteiger partial charge in [0.2, 0.25) is 0 Å². The van der Waals surface area contributed by atoms with E-state index in [1.165, 1.54) is 0 Å². The number of nitrogens with zero attached hydrogens (tertiary/aromatic N) is 1. The maximum Gasteiger partial charge on any atom is 0.310 e. The SMILES string of the molecule is C=C/C(Cl)=C(\C)CN1CCC(C(=O)OCC)C1. The Hall–Kier alpha value is -0.800. The van der Waals surface area contributed by atoms with E-state index in [1.54, 1.807) is 6.08 Å². The monoisotopic (exact) mass is 257 g/mol. The lowest BCUT2D eigenvalue weighted by atomic mass is 10.1. The fraction of sp³-hybridized carbons (Fsp3) is 0.615. The van der Waals surface area contributed by atoms with E-state index in [-0.39, 0.29) is 11.9 Å². The van der Waals surface area contributed by atoms with Crippen molar-refractivity contribution < 1.29 is 9.53 Å². The van der Waals surface area contributed by atoms with Crippen molar-refractivity contribution in [2.45, 2.75) is 20.3 Å². The molecule has 1 aliphatic rings. The number of carbonyl (C=O) groups excluding carboxylic acids is 1. The molecule has 0 amide bonds. The number of rotatable bonds is 5. The van der Waals surface area contributed by atoms with Crippen LogP contribution in [0.15, 0.2) is 23.3 Å². The summed E-state index contributed by atoms with van der Waals surface area (Å²) in [5, 5.41) is 0.699. The van der Waals surface area contributed by atoms with Crippen LogP contribution in [0.3, 0.4) is 0 Å². The average Bonchev–Trinajstić information content (AvgIpc) is 2.76. The van der Waals surface area contributed by atoms with Gasteiger partial charge in [0.05, 0.1) is 12.5 Å². The number of allylic oxidation sites excluding steroid dienone is 2. The number of hydrogen-bond acceptors (Lipinski definition) is 3. The Morgan fingerprint density at radius 2 is 2.35 bits per heavy atom. The summed E-state index contributed by atoms with van der Waals surface area (Å²) in [6.07, 6.45) is 2.52. The summed E-state index contributed by atoms with van der Waals surface area (Å²) >= 11 is 5.99. The van der Waals surface area contributed by atoms with Crippen LogP contribution in [-0.4, -0.2) is 37.1 Å². The Labute approximate surface area is 108 Å². The first-order valence-corrected chi connectivity index (χ1v) is 6.33. The zero-order chi connectivity index (χ0) is 12.8. The van der Waals surface area contributed by atoms with Crippen molar-refractivity contribution >= 4 is 17.6 Å². The molecule has 1 atom stereocenters. The summed E-state index contributed by atoms with van der Waals surface area (Å²) in [6, 6.07) is 0. The van der Waals surface area contributed by atoms with Crippen LogP contribution in [0, 0.1) is 5.92 Å². The fourth-order valence-electron chi connectivity index (χ4n) is 2.01. The lowest BCUT2D eigenvalue weighted by Crippen LogP contribution is -2.26. The molecule has 3 nitrogen and oxygen atoms in total. The van der Waals surface area contributed by atoms with Gasteiger partial charge < -0.3 is 4.74 Å². The highest BCUT2D eigenvalue weighted by Crippen LogP contribution is 2.20. The van der Waals surface area contributed by atoms with E-state index in [0.717, 1.165) is 31.6 Å². The van der Waals surface area contributed by atoms with Gasteiger partial charge in [-0.1, -0.05) is 24.3 Å². The molecule has 0 aromatic carbocycles. The molecule has 0 spiro atoms. The lowest BCUT2D eigenvalue weighted by Gasteiger charge is -2.16. The van der Waals surface area contributed by atoms with Gasteiger partial charge in [-0.2, -0.15) is 0 Å². The molecule has 1 saturated heterocycles. The van der Waals surface area contributed by atoms with Crippen molar-refractivity contribution in [3.05, 3.63) is 23.3 Å². The molecule has 0 radical (unpaired) electrons. The first-order chi connectivity index (χ1) is 8.08. The smallest absolute Gasteiger partial charge is 0.310 e. The van der Waals surface area contributed by atoms with Crippen molar-refractivity contribution in [3.8, 4) is 0 Å². The van der Waals surface area contributed by atoms with Gasteiger partial charge in [-0.15, -0.1) is 0 Å². The van der Waals surface area contributed by atoms with Crippen LogP contribution in [0.25, 0.3) is 0 Å². The highest BCUT2D eigenvalue weighted by Gasteiger charge is 2.29. The number of ether oxygens (including phenoxy) is 1.